The Labute approximate surface area is 234 Å². The molecule has 0 bridgehead atoms. The molecule has 1 saturated carbocycles. The number of aromatic nitrogens is 5. The maximum absolute atomic E-state index is 14.0. The molecule has 0 amide bonds. The van der Waals surface area contributed by atoms with E-state index < -0.39 is 31.4 Å². The van der Waals surface area contributed by atoms with Gasteiger partial charge in [0.05, 0.1) is 12.3 Å². The fourth-order valence-corrected chi connectivity index (χ4v) is 5.38. The lowest BCUT2D eigenvalue weighted by molar-refractivity contribution is -0.380. The van der Waals surface area contributed by atoms with E-state index in [1.165, 1.54) is 23.6 Å². The van der Waals surface area contributed by atoms with Gasteiger partial charge < -0.3 is 25.1 Å². The van der Waals surface area contributed by atoms with Gasteiger partial charge in [-0.25, -0.2) is 4.98 Å². The van der Waals surface area contributed by atoms with Crippen LogP contribution in [0.3, 0.4) is 0 Å². The Hall–Kier alpha value is -3.89. The van der Waals surface area contributed by atoms with Crippen LogP contribution in [-0.2, 0) is 4.74 Å². The van der Waals surface area contributed by atoms with Gasteiger partial charge in [0.1, 0.15) is 29.6 Å². The third kappa shape index (κ3) is 6.55. The molecule has 1 aliphatic heterocycles. The second-order valence-corrected chi connectivity index (χ2v) is 10.8. The van der Waals surface area contributed by atoms with Gasteiger partial charge in [0.15, 0.2) is 5.13 Å². The zero-order valence-electron chi connectivity index (χ0n) is 21.3. The molecular formula is C25H24F4N8O3S. The Balaban J connectivity index is 1.25. The highest BCUT2D eigenvalue weighted by atomic mass is 32.1. The third-order valence-corrected chi connectivity index (χ3v) is 7.41. The zero-order valence-corrected chi connectivity index (χ0v) is 22.1. The molecule has 0 unspecified atom stereocenters. The summed E-state index contributed by atoms with van der Waals surface area (Å²) < 4.78 is 65.4. The number of anilines is 4. The molecular weight excluding hydrogens is 568 g/mol. The molecule has 1 aromatic carbocycles. The van der Waals surface area contributed by atoms with Crippen LogP contribution >= 0.6 is 11.3 Å². The first kappa shape index (κ1) is 27.3. The fourth-order valence-electron chi connectivity index (χ4n) is 4.63. The first-order valence-electron chi connectivity index (χ1n) is 12.8. The van der Waals surface area contributed by atoms with Crippen LogP contribution in [0.25, 0.3) is 22.2 Å². The van der Waals surface area contributed by atoms with Gasteiger partial charge in [-0.1, -0.05) is 29.5 Å². The largest absolute Gasteiger partial charge is 0.415 e. The summed E-state index contributed by atoms with van der Waals surface area (Å²) in [7, 11) is 0. The van der Waals surface area contributed by atoms with Crippen molar-refractivity contribution in [3.05, 3.63) is 42.6 Å². The van der Waals surface area contributed by atoms with Crippen LogP contribution in [0.5, 0.6) is 0 Å². The van der Waals surface area contributed by atoms with E-state index in [0.717, 1.165) is 10.5 Å². The first-order chi connectivity index (χ1) is 19.6. The molecule has 2 aliphatic rings. The van der Waals surface area contributed by atoms with Crippen LogP contribution in [0.4, 0.5) is 40.3 Å². The highest BCUT2D eigenvalue weighted by molar-refractivity contribution is 7.18. The zero-order chi connectivity index (χ0) is 28.6. The third-order valence-electron chi connectivity index (χ3n) is 6.51. The summed E-state index contributed by atoms with van der Waals surface area (Å²) in [5.41, 5.74) is 0.759. The Bertz CT molecular complexity index is 1480. The molecule has 4 heterocycles. The minimum Gasteiger partial charge on any atom is -0.415 e. The molecule has 0 spiro atoms. The van der Waals surface area contributed by atoms with E-state index in [2.05, 4.69) is 40.5 Å². The number of alkyl halides is 4. The molecule has 0 atom stereocenters. The number of hydrogen-bond acceptors (Lipinski definition) is 12. The number of aliphatic hydroxyl groups is 1. The minimum absolute atomic E-state index is 0.0608. The van der Waals surface area contributed by atoms with Crippen molar-refractivity contribution in [3.63, 3.8) is 0 Å². The van der Waals surface area contributed by atoms with Crippen molar-refractivity contribution in [2.24, 2.45) is 0 Å². The molecule has 16 heteroatoms. The van der Waals surface area contributed by atoms with Gasteiger partial charge in [0.25, 0.3) is 5.89 Å². The van der Waals surface area contributed by atoms with Crippen molar-refractivity contribution < 1.29 is 31.8 Å². The van der Waals surface area contributed by atoms with Gasteiger partial charge >= 0.3 is 12.2 Å². The number of rotatable bonds is 7. The predicted octanol–water partition coefficient (Wildman–Crippen LogP) is 5.13. The second-order valence-electron chi connectivity index (χ2n) is 9.75. The summed E-state index contributed by atoms with van der Waals surface area (Å²) in [5.74, 6) is 0.643. The van der Waals surface area contributed by atoms with E-state index in [4.69, 9.17) is 4.42 Å². The lowest BCUT2D eigenvalue weighted by Crippen LogP contribution is -2.55. The Morgan fingerprint density at radius 3 is 2.39 bits per heavy atom. The predicted molar refractivity (Wildman–Crippen MR) is 141 cm³/mol. The van der Waals surface area contributed by atoms with Gasteiger partial charge in [0, 0.05) is 17.7 Å². The van der Waals surface area contributed by atoms with Crippen molar-refractivity contribution >= 4 is 34.1 Å². The number of aliphatic hydroxyl groups excluding tert-OH is 1. The SMILES string of the molecule is OC1CCC(Nc2nc(Nc3ncc(-c4nnc(-c5ccccc5)o4)s3)cc(N3CC(F)(F)OC(F)(F)C3)n2)CC1. The highest BCUT2D eigenvalue weighted by Crippen LogP contribution is 2.37. The number of hydrogen-bond donors (Lipinski definition) is 3. The minimum atomic E-state index is -4.08. The molecule has 3 aromatic heterocycles. The Kier molecular flexibility index (Phi) is 7.21. The van der Waals surface area contributed by atoms with Crippen molar-refractivity contribution in [1.29, 1.82) is 0 Å². The van der Waals surface area contributed by atoms with Crippen LogP contribution in [0.1, 0.15) is 25.7 Å². The van der Waals surface area contributed by atoms with Gasteiger partial charge in [-0.05, 0) is 37.8 Å². The van der Waals surface area contributed by atoms with E-state index in [0.29, 0.717) is 41.6 Å². The van der Waals surface area contributed by atoms with Crippen LogP contribution in [-0.4, -0.2) is 67.7 Å². The monoisotopic (exact) mass is 592 g/mol. The molecule has 4 aromatic rings. The van der Waals surface area contributed by atoms with Gasteiger partial charge in [0.2, 0.25) is 11.8 Å². The van der Waals surface area contributed by atoms with E-state index >= 15 is 0 Å². The molecule has 6 rings (SSSR count). The van der Waals surface area contributed by atoms with Crippen molar-refractivity contribution in [2.75, 3.05) is 28.6 Å². The smallest absolute Gasteiger partial charge is 0.377 e. The first-order valence-corrected chi connectivity index (χ1v) is 13.6. The molecule has 1 aliphatic carbocycles. The van der Waals surface area contributed by atoms with Crippen molar-refractivity contribution in [2.45, 2.75) is 50.0 Å². The molecule has 1 saturated heterocycles. The summed E-state index contributed by atoms with van der Waals surface area (Å²) in [6.45, 7) is -2.23. The van der Waals surface area contributed by atoms with Crippen LogP contribution in [0.15, 0.2) is 47.0 Å². The van der Waals surface area contributed by atoms with Crippen molar-refractivity contribution in [1.82, 2.24) is 25.1 Å². The summed E-state index contributed by atoms with van der Waals surface area (Å²) >= 11 is 1.17. The number of thiazole rings is 1. The maximum Gasteiger partial charge on any atom is 0.377 e. The number of ether oxygens (including phenoxy) is 1. The lowest BCUT2D eigenvalue weighted by Gasteiger charge is -2.37. The van der Waals surface area contributed by atoms with E-state index in [1.54, 1.807) is 0 Å². The number of morpholine rings is 1. The number of nitrogens with zero attached hydrogens (tertiary/aromatic N) is 6. The molecule has 216 valence electrons. The summed E-state index contributed by atoms with van der Waals surface area (Å²) in [6.07, 6.45) is -4.61. The fraction of sp³-hybridized carbons (Fsp3) is 0.400. The maximum atomic E-state index is 14.0. The molecule has 11 nitrogen and oxygen atoms in total. The lowest BCUT2D eigenvalue weighted by atomic mass is 9.93. The average Bonchev–Trinajstić information content (AvgIpc) is 3.59. The number of halogens is 4. The van der Waals surface area contributed by atoms with Crippen LogP contribution in [0, 0.1) is 0 Å². The second kappa shape index (κ2) is 10.8. The van der Waals surface area contributed by atoms with E-state index in [-0.39, 0.29) is 29.5 Å². The quantitative estimate of drug-likeness (QED) is 0.247. The van der Waals surface area contributed by atoms with Gasteiger partial charge in [-0.2, -0.15) is 27.5 Å². The highest BCUT2D eigenvalue weighted by Gasteiger charge is 2.52. The molecule has 0 radical (unpaired) electrons. The van der Waals surface area contributed by atoms with E-state index in [1.807, 2.05) is 30.3 Å². The topological polar surface area (TPSA) is 134 Å². The Morgan fingerprint density at radius 2 is 1.66 bits per heavy atom. The van der Waals surface area contributed by atoms with Gasteiger partial charge in [-0.3, -0.25) is 4.74 Å². The molecule has 41 heavy (non-hydrogen) atoms. The molecule has 2 fully saturated rings. The van der Waals surface area contributed by atoms with E-state index in [9.17, 15) is 22.7 Å². The Morgan fingerprint density at radius 1 is 0.951 bits per heavy atom. The van der Waals surface area contributed by atoms with Crippen LogP contribution in [0.2, 0.25) is 0 Å². The average molecular weight is 593 g/mol. The normalized spacial score (nSPS) is 21.9. The summed E-state index contributed by atoms with van der Waals surface area (Å²) in [6, 6.07) is 10.5. The van der Waals surface area contributed by atoms with Crippen LogP contribution < -0.4 is 15.5 Å². The summed E-state index contributed by atoms with van der Waals surface area (Å²) in [5, 5.41) is 24.5. The summed E-state index contributed by atoms with van der Waals surface area (Å²) in [4.78, 5) is 14.3. The van der Waals surface area contributed by atoms with Crippen molar-refractivity contribution in [3.8, 4) is 22.2 Å². The number of nitrogens with one attached hydrogen (secondary N) is 2. The molecule has 3 N–H and O–H groups in total. The van der Waals surface area contributed by atoms with Gasteiger partial charge in [-0.15, -0.1) is 10.2 Å². The standard InChI is InChI=1S/C25H24F4N8O3S/c26-24(27)12-37(13-25(28,29)40-24)19-10-18(32-22(34-19)31-15-6-8-16(38)9-7-15)33-23-30-11-17(41-23)21-36-35-20(39-21)14-4-2-1-3-5-14/h1-5,10-11,15-16,38H,6-9,12-13H2,(H2,30,31,32,33,34). The number of benzene rings is 1.